The van der Waals surface area contributed by atoms with E-state index in [0.29, 0.717) is 17.3 Å². The van der Waals surface area contributed by atoms with Crippen molar-refractivity contribution in [3.63, 3.8) is 0 Å². The van der Waals surface area contributed by atoms with Crippen molar-refractivity contribution >= 4 is 23.0 Å². The molecule has 0 saturated carbocycles. The number of hydrogen-bond donors (Lipinski definition) is 2. The van der Waals surface area contributed by atoms with Crippen LogP contribution in [0.4, 0.5) is 27.4 Å². The summed E-state index contributed by atoms with van der Waals surface area (Å²) in [6.07, 6.45) is 1.44. The minimum atomic E-state index is -0.324. The van der Waals surface area contributed by atoms with Crippen LogP contribution in [0.15, 0.2) is 54.9 Å². The summed E-state index contributed by atoms with van der Waals surface area (Å²) in [4.78, 5) is 8.36. The number of aromatic nitrogens is 2. The van der Waals surface area contributed by atoms with Crippen LogP contribution in [-0.2, 0) is 0 Å². The highest BCUT2D eigenvalue weighted by molar-refractivity contribution is 5.67. The first-order valence-electron chi connectivity index (χ1n) is 7.30. The second kappa shape index (κ2) is 6.44. The zero-order valence-corrected chi connectivity index (χ0v) is 13.0. The normalized spacial score (nSPS) is 10.4. The number of nitrogens with zero attached hydrogens (tertiary/aromatic N) is 2. The van der Waals surface area contributed by atoms with Gasteiger partial charge in [-0.2, -0.15) is 0 Å². The van der Waals surface area contributed by atoms with Crippen molar-refractivity contribution in [2.75, 3.05) is 10.6 Å². The number of aryl methyl sites for hydroxylation is 2. The lowest BCUT2D eigenvalue weighted by molar-refractivity contribution is 0.632. The van der Waals surface area contributed by atoms with Gasteiger partial charge in [-0.25, -0.2) is 14.4 Å². The molecule has 0 radical (unpaired) electrons. The van der Waals surface area contributed by atoms with Gasteiger partial charge in [0.15, 0.2) is 0 Å². The van der Waals surface area contributed by atoms with Gasteiger partial charge in [0.2, 0.25) is 0 Å². The van der Waals surface area contributed by atoms with E-state index in [4.69, 9.17) is 0 Å². The summed E-state index contributed by atoms with van der Waals surface area (Å²) in [5, 5.41) is 6.26. The molecule has 3 rings (SSSR count). The predicted molar refractivity (Wildman–Crippen MR) is 90.9 cm³/mol. The first kappa shape index (κ1) is 15.0. The van der Waals surface area contributed by atoms with Gasteiger partial charge < -0.3 is 10.6 Å². The fraction of sp³-hybridized carbons (Fsp3) is 0.111. The smallest absolute Gasteiger partial charge is 0.146 e. The molecule has 1 aromatic heterocycles. The van der Waals surface area contributed by atoms with E-state index < -0.39 is 0 Å². The average molecular weight is 308 g/mol. The monoisotopic (exact) mass is 308 g/mol. The Bertz CT molecular complexity index is 813. The summed E-state index contributed by atoms with van der Waals surface area (Å²) in [5.41, 5.74) is 3.66. The zero-order chi connectivity index (χ0) is 16.2. The van der Waals surface area contributed by atoms with Crippen LogP contribution < -0.4 is 10.6 Å². The number of halogens is 1. The van der Waals surface area contributed by atoms with Crippen LogP contribution in [0, 0.1) is 19.7 Å². The maximum atomic E-state index is 13.7. The van der Waals surface area contributed by atoms with E-state index in [0.717, 1.165) is 16.8 Å². The Labute approximate surface area is 134 Å². The van der Waals surface area contributed by atoms with Crippen LogP contribution in [0.5, 0.6) is 0 Å². The van der Waals surface area contributed by atoms with E-state index in [1.165, 1.54) is 12.4 Å². The standard InChI is InChI=1S/C18H17FN4/c1-12-6-5-7-13(2)18(12)23-17-10-16(20-11-21-17)22-15-9-4-3-8-14(15)19/h3-11H,1-2H3,(H2,20,21,22,23). The number of hydrogen-bond acceptors (Lipinski definition) is 4. The van der Waals surface area contributed by atoms with Gasteiger partial charge in [0.05, 0.1) is 5.69 Å². The number of rotatable bonds is 4. The molecule has 0 unspecified atom stereocenters. The minimum absolute atomic E-state index is 0.324. The van der Waals surface area contributed by atoms with Gasteiger partial charge in [-0.15, -0.1) is 0 Å². The molecule has 1 heterocycles. The van der Waals surface area contributed by atoms with Crippen LogP contribution in [0.2, 0.25) is 0 Å². The summed E-state index contributed by atoms with van der Waals surface area (Å²) in [7, 11) is 0. The first-order chi connectivity index (χ1) is 11.1. The van der Waals surface area contributed by atoms with E-state index >= 15 is 0 Å². The summed E-state index contributed by atoms with van der Waals surface area (Å²) in [5.74, 6) is 0.852. The van der Waals surface area contributed by atoms with E-state index in [-0.39, 0.29) is 5.82 Å². The lowest BCUT2D eigenvalue weighted by Gasteiger charge is -2.13. The van der Waals surface area contributed by atoms with Gasteiger partial charge in [-0.1, -0.05) is 30.3 Å². The van der Waals surface area contributed by atoms with Crippen molar-refractivity contribution in [1.82, 2.24) is 9.97 Å². The third-order valence-electron chi connectivity index (χ3n) is 3.54. The Balaban J connectivity index is 1.84. The Morgan fingerprint density at radius 2 is 1.48 bits per heavy atom. The fourth-order valence-electron chi connectivity index (χ4n) is 2.33. The van der Waals surface area contributed by atoms with E-state index in [1.54, 1.807) is 24.3 Å². The van der Waals surface area contributed by atoms with Gasteiger partial charge >= 0.3 is 0 Å². The molecule has 0 saturated heterocycles. The number of benzene rings is 2. The average Bonchev–Trinajstić information content (AvgIpc) is 2.54. The molecule has 4 nitrogen and oxygen atoms in total. The molecule has 5 heteroatoms. The highest BCUT2D eigenvalue weighted by Crippen LogP contribution is 2.25. The molecule has 2 N–H and O–H groups in total. The molecule has 2 aromatic carbocycles. The summed E-state index contributed by atoms with van der Waals surface area (Å²) >= 11 is 0. The predicted octanol–water partition coefficient (Wildman–Crippen LogP) is 4.72. The Hall–Kier alpha value is -2.95. The van der Waals surface area contributed by atoms with Gasteiger partial charge in [0.1, 0.15) is 23.8 Å². The number of para-hydroxylation sites is 2. The molecule has 3 aromatic rings. The Kier molecular flexibility index (Phi) is 4.19. The van der Waals surface area contributed by atoms with Gasteiger partial charge in [-0.3, -0.25) is 0 Å². The fourth-order valence-corrected chi connectivity index (χ4v) is 2.33. The third-order valence-corrected chi connectivity index (χ3v) is 3.54. The largest absolute Gasteiger partial charge is 0.340 e. The number of nitrogens with one attached hydrogen (secondary N) is 2. The van der Waals surface area contributed by atoms with Gasteiger partial charge in [0.25, 0.3) is 0 Å². The SMILES string of the molecule is Cc1cccc(C)c1Nc1cc(Nc2ccccc2F)ncn1. The third kappa shape index (κ3) is 3.45. The molecule has 116 valence electrons. The number of anilines is 4. The maximum absolute atomic E-state index is 13.7. The van der Waals surface area contributed by atoms with E-state index in [9.17, 15) is 4.39 Å². The maximum Gasteiger partial charge on any atom is 0.146 e. The molecule has 0 fully saturated rings. The van der Waals surface area contributed by atoms with Crippen LogP contribution >= 0.6 is 0 Å². The first-order valence-corrected chi connectivity index (χ1v) is 7.30. The lowest BCUT2D eigenvalue weighted by atomic mass is 10.1. The highest BCUT2D eigenvalue weighted by atomic mass is 19.1. The summed E-state index contributed by atoms with van der Waals surface area (Å²) in [6, 6.07) is 14.3. The van der Waals surface area contributed by atoms with Gasteiger partial charge in [0, 0.05) is 11.8 Å². The molecular weight excluding hydrogens is 291 g/mol. The van der Waals surface area contributed by atoms with Gasteiger partial charge in [-0.05, 0) is 37.1 Å². The van der Waals surface area contributed by atoms with Crippen molar-refractivity contribution < 1.29 is 4.39 Å². The molecule has 0 aliphatic heterocycles. The van der Waals surface area contributed by atoms with Crippen molar-refractivity contribution in [3.05, 3.63) is 71.8 Å². The summed E-state index contributed by atoms with van der Waals surface area (Å²) < 4.78 is 13.7. The molecule has 0 atom stereocenters. The molecule has 0 bridgehead atoms. The molecule has 0 spiro atoms. The molecule has 0 amide bonds. The van der Waals surface area contributed by atoms with Crippen LogP contribution in [0.3, 0.4) is 0 Å². The second-order valence-corrected chi connectivity index (χ2v) is 5.29. The molecule has 0 aliphatic carbocycles. The van der Waals surface area contributed by atoms with E-state index in [2.05, 4.69) is 20.6 Å². The second-order valence-electron chi connectivity index (χ2n) is 5.29. The molecular formula is C18H17FN4. The highest BCUT2D eigenvalue weighted by Gasteiger charge is 2.06. The van der Waals surface area contributed by atoms with Crippen LogP contribution in [-0.4, -0.2) is 9.97 Å². The van der Waals surface area contributed by atoms with Crippen molar-refractivity contribution in [3.8, 4) is 0 Å². The van der Waals surface area contributed by atoms with Crippen LogP contribution in [0.1, 0.15) is 11.1 Å². The van der Waals surface area contributed by atoms with Crippen molar-refractivity contribution in [1.29, 1.82) is 0 Å². The topological polar surface area (TPSA) is 49.8 Å². The Morgan fingerprint density at radius 3 is 2.17 bits per heavy atom. The molecule has 23 heavy (non-hydrogen) atoms. The summed E-state index contributed by atoms with van der Waals surface area (Å²) in [6.45, 7) is 4.07. The lowest BCUT2D eigenvalue weighted by Crippen LogP contribution is -2.01. The van der Waals surface area contributed by atoms with E-state index in [1.807, 2.05) is 32.0 Å². The van der Waals surface area contributed by atoms with Crippen molar-refractivity contribution in [2.24, 2.45) is 0 Å². The molecule has 0 aliphatic rings. The Morgan fingerprint density at radius 1 is 0.826 bits per heavy atom. The van der Waals surface area contributed by atoms with Crippen molar-refractivity contribution in [2.45, 2.75) is 13.8 Å². The minimum Gasteiger partial charge on any atom is -0.340 e. The zero-order valence-electron chi connectivity index (χ0n) is 13.0. The quantitative estimate of drug-likeness (QED) is 0.732. The van der Waals surface area contributed by atoms with Crippen LogP contribution in [0.25, 0.3) is 0 Å².